The van der Waals surface area contributed by atoms with E-state index >= 15 is 0 Å². The molecule has 0 radical (unpaired) electrons. The zero-order valence-corrected chi connectivity index (χ0v) is 21.5. The van der Waals surface area contributed by atoms with Crippen LogP contribution < -0.4 is 38.6 Å². The Morgan fingerprint density at radius 3 is 1.59 bits per heavy atom. The molecule has 0 aliphatic rings. The van der Waals surface area contributed by atoms with Gasteiger partial charge in [0.2, 0.25) is 0 Å². The van der Waals surface area contributed by atoms with Gasteiger partial charge in [0.15, 0.2) is 0 Å². The van der Waals surface area contributed by atoms with Crippen molar-refractivity contribution in [1.82, 2.24) is 0 Å². The van der Waals surface area contributed by atoms with E-state index in [0.29, 0.717) is 10.0 Å². The molecule has 0 unspecified atom stereocenters. The molecule has 3 rings (SSSR count). The SMILES string of the molecule is O=[N+]([O-])c1ccc(S(=O)(=O)[N-]P(=O)(Oc2ccc(Cl)cc2)Oc2ccc(Cl)cc2)cc1.[Na+]. The molecule has 0 fully saturated rings. The first kappa shape index (κ1) is 26.6. The number of sulfonamides is 1. The zero-order valence-electron chi connectivity index (χ0n) is 16.3. The van der Waals surface area contributed by atoms with Crippen LogP contribution in [0.5, 0.6) is 11.5 Å². The number of halogens is 2. The summed E-state index contributed by atoms with van der Waals surface area (Å²) in [6, 6.07) is 15.1. The first-order chi connectivity index (χ1) is 14.6. The predicted molar refractivity (Wildman–Crippen MR) is 115 cm³/mol. The van der Waals surface area contributed by atoms with E-state index in [1.807, 2.05) is 0 Å². The van der Waals surface area contributed by atoms with Crippen LogP contribution in [0.2, 0.25) is 10.0 Å². The molecular formula is C18H12Cl2N2NaO7PS. The maximum Gasteiger partial charge on any atom is 1.00 e. The van der Waals surface area contributed by atoms with Crippen LogP contribution in [-0.2, 0) is 14.6 Å². The molecule has 0 aliphatic heterocycles. The second-order valence-electron chi connectivity index (χ2n) is 5.87. The first-order valence-corrected chi connectivity index (χ1v) is 12.0. The minimum absolute atomic E-state index is 0. The Labute approximate surface area is 215 Å². The van der Waals surface area contributed by atoms with Gasteiger partial charge in [-0.1, -0.05) is 23.2 Å². The molecular weight excluding hydrogens is 513 g/mol. The van der Waals surface area contributed by atoms with Crippen LogP contribution in [0.3, 0.4) is 0 Å². The number of hydrogen-bond acceptors (Lipinski definition) is 7. The van der Waals surface area contributed by atoms with Crippen molar-refractivity contribution in [2.75, 3.05) is 0 Å². The normalized spacial score (nSPS) is 11.3. The number of hydrogen-bond donors (Lipinski definition) is 0. The Bertz CT molecular complexity index is 1190. The Kier molecular flexibility index (Phi) is 9.15. The average Bonchev–Trinajstić information content (AvgIpc) is 2.71. The minimum atomic E-state index is -4.69. The van der Waals surface area contributed by atoms with Crippen LogP contribution >= 0.6 is 30.9 Å². The second-order valence-corrected chi connectivity index (χ2v) is 10.1. The van der Waals surface area contributed by atoms with Gasteiger partial charge >= 0.3 is 37.3 Å². The smallest absolute Gasteiger partial charge is 0.429 e. The summed E-state index contributed by atoms with van der Waals surface area (Å²) in [7, 11) is -9.27. The summed E-state index contributed by atoms with van der Waals surface area (Å²) in [6.45, 7) is 0. The predicted octanol–water partition coefficient (Wildman–Crippen LogP) is 3.23. The van der Waals surface area contributed by atoms with Crippen LogP contribution in [0, 0.1) is 10.1 Å². The maximum absolute atomic E-state index is 13.3. The number of nitrogens with zero attached hydrogens (tertiary/aromatic N) is 2. The maximum atomic E-state index is 13.3. The molecule has 3 aromatic carbocycles. The van der Waals surface area contributed by atoms with Gasteiger partial charge in [-0.25, -0.2) is 8.42 Å². The van der Waals surface area contributed by atoms with Gasteiger partial charge in [0.25, 0.3) is 5.69 Å². The van der Waals surface area contributed by atoms with Gasteiger partial charge < -0.3 is 13.5 Å². The molecule has 0 bridgehead atoms. The third kappa shape index (κ3) is 7.19. The number of nitro groups is 1. The summed E-state index contributed by atoms with van der Waals surface area (Å²) in [5.41, 5.74) is -0.322. The Morgan fingerprint density at radius 1 is 0.812 bits per heavy atom. The second kappa shape index (κ2) is 11.0. The Balaban J connectivity index is 0.00000363. The zero-order chi connectivity index (χ0) is 22.6. The molecule has 0 atom stereocenters. The van der Waals surface area contributed by atoms with E-state index in [1.165, 1.54) is 48.5 Å². The van der Waals surface area contributed by atoms with Crippen molar-refractivity contribution in [1.29, 1.82) is 0 Å². The van der Waals surface area contributed by atoms with Gasteiger partial charge in [0.1, 0.15) is 21.5 Å². The molecule has 0 spiro atoms. The Hall–Kier alpha value is -1.62. The number of nitro benzene ring substituents is 1. The van der Waals surface area contributed by atoms with E-state index in [0.717, 1.165) is 24.3 Å². The van der Waals surface area contributed by atoms with Gasteiger partial charge in [-0.2, -0.15) is 0 Å². The van der Waals surface area contributed by atoms with E-state index in [9.17, 15) is 23.1 Å². The summed E-state index contributed by atoms with van der Waals surface area (Å²) >= 11 is 11.6. The fourth-order valence-electron chi connectivity index (χ4n) is 2.23. The molecule has 0 saturated heterocycles. The van der Waals surface area contributed by atoms with Crippen molar-refractivity contribution in [2.45, 2.75) is 4.90 Å². The van der Waals surface area contributed by atoms with Crippen LogP contribution in [0.25, 0.3) is 4.49 Å². The van der Waals surface area contributed by atoms with Crippen LogP contribution in [0.15, 0.2) is 77.7 Å². The van der Waals surface area contributed by atoms with Gasteiger partial charge in [-0.05, 0) is 60.7 Å². The molecule has 0 amide bonds. The molecule has 0 N–H and O–H groups in total. The Morgan fingerprint density at radius 2 is 1.22 bits per heavy atom. The van der Waals surface area contributed by atoms with Crippen molar-refractivity contribution in [2.24, 2.45) is 0 Å². The summed E-state index contributed by atoms with van der Waals surface area (Å²) in [5, 5.41) is 11.5. The number of non-ortho nitro benzene ring substituents is 1. The molecule has 0 heterocycles. The van der Waals surface area contributed by atoms with Gasteiger partial charge in [0, 0.05) is 27.1 Å². The monoisotopic (exact) mass is 524 g/mol. The number of rotatable bonds is 8. The van der Waals surface area contributed by atoms with Crippen LogP contribution in [0.1, 0.15) is 0 Å². The third-order valence-electron chi connectivity index (χ3n) is 3.62. The fraction of sp³-hybridized carbons (Fsp3) is 0. The molecule has 0 saturated carbocycles. The standard InChI is InChI=1S/C18H12Cl2N2O7PS.Na/c19-13-1-7-16(8-2-13)28-30(25,29-17-9-3-14(20)4-10-17)21-31(26,27)18-11-5-15(6-12-18)22(23)24;/h1-12H;/q-1;+1. The topological polar surface area (TPSA) is 127 Å². The summed E-state index contributed by atoms with van der Waals surface area (Å²) in [5.74, 6) is -0.0197. The van der Waals surface area contributed by atoms with Crippen molar-refractivity contribution in [3.05, 3.63) is 97.4 Å². The quantitative estimate of drug-likeness (QED) is 0.191. The molecule has 3 aromatic rings. The van der Waals surface area contributed by atoms with E-state index in [-0.39, 0.29) is 46.7 Å². The van der Waals surface area contributed by atoms with Crippen molar-refractivity contribution >= 4 is 46.7 Å². The van der Waals surface area contributed by atoms with E-state index in [2.05, 4.69) is 4.49 Å². The van der Waals surface area contributed by atoms with Crippen molar-refractivity contribution in [3.63, 3.8) is 0 Å². The van der Waals surface area contributed by atoms with Crippen molar-refractivity contribution < 1.29 is 56.5 Å². The van der Waals surface area contributed by atoms with Crippen molar-refractivity contribution in [3.8, 4) is 11.5 Å². The summed E-state index contributed by atoms with van der Waals surface area (Å²) < 4.78 is 52.7. The number of benzene rings is 3. The minimum Gasteiger partial charge on any atom is -0.429 e. The summed E-state index contributed by atoms with van der Waals surface area (Å²) in [6.07, 6.45) is 0. The van der Waals surface area contributed by atoms with E-state index < -0.39 is 27.6 Å². The van der Waals surface area contributed by atoms with Gasteiger partial charge in [-0.15, -0.1) is 0 Å². The van der Waals surface area contributed by atoms with Crippen LogP contribution in [-0.4, -0.2) is 13.3 Å². The largest absolute Gasteiger partial charge is 1.00 e. The van der Waals surface area contributed by atoms with Gasteiger partial charge in [-0.3, -0.25) is 14.7 Å². The first-order valence-electron chi connectivity index (χ1n) is 8.31. The molecule has 0 aromatic heterocycles. The fourth-order valence-corrected chi connectivity index (χ4v) is 5.47. The molecule has 14 heteroatoms. The summed E-state index contributed by atoms with van der Waals surface area (Å²) in [4.78, 5) is 9.65. The molecule has 9 nitrogen and oxygen atoms in total. The average molecular weight is 525 g/mol. The van der Waals surface area contributed by atoms with Gasteiger partial charge in [0.05, 0.1) is 4.92 Å². The van der Waals surface area contributed by atoms with Crippen LogP contribution in [0.4, 0.5) is 5.69 Å². The molecule has 32 heavy (non-hydrogen) atoms. The van der Waals surface area contributed by atoms with E-state index in [4.69, 9.17) is 32.2 Å². The third-order valence-corrected chi connectivity index (χ3v) is 7.54. The van der Waals surface area contributed by atoms with E-state index in [1.54, 1.807) is 0 Å². The molecule has 0 aliphatic carbocycles. The molecule has 162 valence electrons.